The zero-order valence-corrected chi connectivity index (χ0v) is 14.8. The minimum atomic E-state index is -0.486. The van der Waals surface area contributed by atoms with E-state index >= 15 is 0 Å². The molecule has 1 aliphatic heterocycles. The van der Waals surface area contributed by atoms with Crippen LogP contribution in [-0.4, -0.2) is 44.6 Å². The molecule has 0 aliphatic carbocycles. The SMILES string of the molecule is B[C@@H]1O[C@H](COC(=O)c2ccccc2)[C@@H](OC(=O)c2ccccc2)[C@@H]1C. The summed E-state index contributed by atoms with van der Waals surface area (Å²) < 4.78 is 16.9. The Labute approximate surface area is 153 Å². The Morgan fingerprint density at radius 3 is 2.08 bits per heavy atom. The van der Waals surface area contributed by atoms with Crippen LogP contribution in [0.3, 0.4) is 0 Å². The third-order valence-electron chi connectivity index (χ3n) is 4.66. The Morgan fingerprint density at radius 2 is 1.50 bits per heavy atom. The number of ether oxygens (including phenoxy) is 3. The molecule has 1 heterocycles. The smallest absolute Gasteiger partial charge is 0.338 e. The van der Waals surface area contributed by atoms with Crippen LogP contribution in [0.1, 0.15) is 27.6 Å². The van der Waals surface area contributed by atoms with Crippen molar-refractivity contribution in [3.8, 4) is 0 Å². The lowest BCUT2D eigenvalue weighted by Crippen LogP contribution is -2.35. The first-order valence-corrected chi connectivity index (χ1v) is 8.70. The molecule has 0 spiro atoms. The maximum absolute atomic E-state index is 12.4. The van der Waals surface area contributed by atoms with Gasteiger partial charge in [0.05, 0.1) is 11.1 Å². The summed E-state index contributed by atoms with van der Waals surface area (Å²) in [7, 11) is 1.92. The van der Waals surface area contributed by atoms with Crippen LogP contribution in [0, 0.1) is 5.92 Å². The van der Waals surface area contributed by atoms with Gasteiger partial charge in [0.25, 0.3) is 0 Å². The molecule has 26 heavy (non-hydrogen) atoms. The molecule has 0 N–H and O–H groups in total. The fraction of sp³-hybridized carbons (Fsp3) is 0.300. The molecule has 0 radical (unpaired) electrons. The van der Waals surface area contributed by atoms with Gasteiger partial charge in [-0.15, -0.1) is 0 Å². The van der Waals surface area contributed by atoms with Crippen molar-refractivity contribution in [3.05, 3.63) is 71.8 Å². The third kappa shape index (κ3) is 4.14. The average Bonchev–Trinajstić information content (AvgIpc) is 2.95. The summed E-state index contributed by atoms with van der Waals surface area (Å²) >= 11 is 0. The van der Waals surface area contributed by atoms with Gasteiger partial charge >= 0.3 is 11.9 Å². The molecule has 3 rings (SSSR count). The van der Waals surface area contributed by atoms with Crippen molar-refractivity contribution in [1.82, 2.24) is 0 Å². The summed E-state index contributed by atoms with van der Waals surface area (Å²) in [6.45, 7) is 2.00. The monoisotopic (exact) mass is 352 g/mol. The van der Waals surface area contributed by atoms with E-state index in [4.69, 9.17) is 14.2 Å². The lowest BCUT2D eigenvalue weighted by molar-refractivity contribution is -0.0339. The number of carbonyl (C=O) groups is 2. The summed E-state index contributed by atoms with van der Waals surface area (Å²) in [4.78, 5) is 24.5. The van der Waals surface area contributed by atoms with Crippen molar-refractivity contribution in [2.75, 3.05) is 6.61 Å². The summed E-state index contributed by atoms with van der Waals surface area (Å²) in [6.07, 6.45) is -0.957. The molecule has 1 fully saturated rings. The van der Waals surface area contributed by atoms with Gasteiger partial charge in [0.1, 0.15) is 26.7 Å². The molecule has 0 saturated carbocycles. The number of esters is 2. The van der Waals surface area contributed by atoms with E-state index in [1.807, 2.05) is 26.9 Å². The Hall–Kier alpha value is -2.60. The first kappa shape index (κ1) is 18.2. The van der Waals surface area contributed by atoms with Crippen molar-refractivity contribution in [1.29, 1.82) is 0 Å². The average molecular weight is 352 g/mol. The molecule has 1 aliphatic rings. The second-order valence-corrected chi connectivity index (χ2v) is 6.44. The molecular weight excluding hydrogens is 331 g/mol. The summed E-state index contributed by atoms with van der Waals surface area (Å²) in [6, 6.07) is 17.5. The first-order chi connectivity index (χ1) is 12.6. The van der Waals surface area contributed by atoms with E-state index < -0.39 is 24.1 Å². The Bertz CT molecular complexity index is 749. The largest absolute Gasteiger partial charge is 0.459 e. The highest BCUT2D eigenvalue weighted by Crippen LogP contribution is 2.29. The van der Waals surface area contributed by atoms with Gasteiger partial charge in [-0.05, 0) is 24.3 Å². The van der Waals surface area contributed by atoms with Gasteiger partial charge in [-0.2, -0.15) is 0 Å². The first-order valence-electron chi connectivity index (χ1n) is 8.70. The van der Waals surface area contributed by atoms with E-state index in [0.717, 1.165) is 0 Å². The van der Waals surface area contributed by atoms with Crippen LogP contribution in [-0.2, 0) is 14.2 Å². The topological polar surface area (TPSA) is 61.8 Å². The highest BCUT2D eigenvalue weighted by molar-refractivity contribution is 6.11. The van der Waals surface area contributed by atoms with Crippen molar-refractivity contribution in [3.63, 3.8) is 0 Å². The fourth-order valence-electron chi connectivity index (χ4n) is 2.98. The zero-order chi connectivity index (χ0) is 18.5. The van der Waals surface area contributed by atoms with E-state index in [9.17, 15) is 9.59 Å². The minimum absolute atomic E-state index is 0.00286. The number of rotatable bonds is 5. The van der Waals surface area contributed by atoms with Crippen LogP contribution in [0.4, 0.5) is 0 Å². The molecule has 0 amide bonds. The van der Waals surface area contributed by atoms with Crippen LogP contribution in [0.15, 0.2) is 60.7 Å². The Balaban J connectivity index is 1.63. The van der Waals surface area contributed by atoms with Crippen LogP contribution in [0.5, 0.6) is 0 Å². The third-order valence-corrected chi connectivity index (χ3v) is 4.66. The molecule has 2 aromatic rings. The molecule has 0 aromatic heterocycles. The number of carbonyl (C=O) groups excluding carboxylic acids is 2. The van der Waals surface area contributed by atoms with Crippen LogP contribution >= 0.6 is 0 Å². The normalized spacial score (nSPS) is 24.8. The molecule has 134 valence electrons. The molecular formula is C20H21BO5. The van der Waals surface area contributed by atoms with Gasteiger partial charge in [0.2, 0.25) is 0 Å². The van der Waals surface area contributed by atoms with Crippen molar-refractivity contribution >= 4 is 19.8 Å². The molecule has 1 saturated heterocycles. The number of hydrogen-bond acceptors (Lipinski definition) is 5. The van der Waals surface area contributed by atoms with E-state index in [-0.39, 0.29) is 18.5 Å². The fourth-order valence-corrected chi connectivity index (χ4v) is 2.98. The van der Waals surface area contributed by atoms with E-state index in [2.05, 4.69) is 0 Å². The Morgan fingerprint density at radius 1 is 0.962 bits per heavy atom. The summed E-state index contributed by atoms with van der Waals surface area (Å²) in [5.41, 5.74) is 0.962. The standard InChI is InChI=1S/C20H21BO5/c1-13-17(26-20(23)15-10-6-3-7-11-15)16(25-18(13)21)12-24-19(22)14-8-4-2-5-9-14/h2-11,13,16-18H,12,21H2,1H3/t13-,16+,17-,18+/m0/s1. The highest BCUT2D eigenvalue weighted by Gasteiger charge is 2.42. The minimum Gasteiger partial charge on any atom is -0.459 e. The second-order valence-electron chi connectivity index (χ2n) is 6.44. The summed E-state index contributed by atoms with van der Waals surface area (Å²) in [5, 5.41) is 0. The predicted molar refractivity (Wildman–Crippen MR) is 98.7 cm³/mol. The molecule has 5 nitrogen and oxygen atoms in total. The van der Waals surface area contributed by atoms with E-state index in [1.165, 1.54) is 0 Å². The van der Waals surface area contributed by atoms with Gasteiger partial charge in [-0.1, -0.05) is 43.3 Å². The van der Waals surface area contributed by atoms with Gasteiger partial charge in [0, 0.05) is 11.9 Å². The second kappa shape index (κ2) is 8.19. The van der Waals surface area contributed by atoms with Crippen molar-refractivity contribution in [2.45, 2.75) is 25.1 Å². The highest BCUT2D eigenvalue weighted by atomic mass is 16.6. The van der Waals surface area contributed by atoms with Gasteiger partial charge in [0.15, 0.2) is 0 Å². The quantitative estimate of drug-likeness (QED) is 0.609. The predicted octanol–water partition coefficient (Wildman–Crippen LogP) is 2.06. The van der Waals surface area contributed by atoms with Crippen LogP contribution < -0.4 is 0 Å². The Kier molecular flexibility index (Phi) is 5.73. The van der Waals surface area contributed by atoms with Crippen LogP contribution in [0.25, 0.3) is 0 Å². The summed E-state index contributed by atoms with van der Waals surface area (Å²) in [5.74, 6) is -0.822. The van der Waals surface area contributed by atoms with Gasteiger partial charge in [-0.25, -0.2) is 9.59 Å². The zero-order valence-electron chi connectivity index (χ0n) is 14.8. The van der Waals surface area contributed by atoms with E-state index in [0.29, 0.717) is 11.1 Å². The molecule has 4 atom stereocenters. The number of hydrogen-bond donors (Lipinski definition) is 0. The lowest BCUT2D eigenvalue weighted by atomic mass is 9.86. The molecule has 0 bridgehead atoms. The number of benzene rings is 2. The maximum atomic E-state index is 12.4. The molecule has 6 heteroatoms. The lowest BCUT2D eigenvalue weighted by Gasteiger charge is -2.21. The molecule has 0 unspecified atom stereocenters. The van der Waals surface area contributed by atoms with Gasteiger partial charge < -0.3 is 14.2 Å². The van der Waals surface area contributed by atoms with Crippen molar-refractivity contribution < 1.29 is 23.8 Å². The van der Waals surface area contributed by atoms with Crippen LogP contribution in [0.2, 0.25) is 0 Å². The van der Waals surface area contributed by atoms with Crippen molar-refractivity contribution in [2.24, 2.45) is 5.92 Å². The van der Waals surface area contributed by atoms with Gasteiger partial charge in [-0.3, -0.25) is 0 Å². The van der Waals surface area contributed by atoms with E-state index in [1.54, 1.807) is 48.5 Å². The maximum Gasteiger partial charge on any atom is 0.338 e. The molecule has 2 aromatic carbocycles.